The van der Waals surface area contributed by atoms with Crippen molar-refractivity contribution in [2.24, 2.45) is 11.8 Å². The summed E-state index contributed by atoms with van der Waals surface area (Å²) in [6.45, 7) is 5.32. The lowest BCUT2D eigenvalue weighted by Gasteiger charge is -2.37. The van der Waals surface area contributed by atoms with Crippen molar-refractivity contribution < 1.29 is 18.3 Å². The van der Waals surface area contributed by atoms with E-state index in [0.29, 0.717) is 30.1 Å². The Kier molecular flexibility index (Phi) is 7.90. The predicted molar refractivity (Wildman–Crippen MR) is 109 cm³/mol. The second-order valence-corrected chi connectivity index (χ2v) is 8.29. The third-order valence-corrected chi connectivity index (χ3v) is 6.27. The summed E-state index contributed by atoms with van der Waals surface area (Å²) in [5, 5.41) is 0. The van der Waals surface area contributed by atoms with Gasteiger partial charge in [0.05, 0.1) is 19.3 Å². The molecule has 156 valence electrons. The Bertz CT molecular complexity index is 642. The molecule has 2 unspecified atom stereocenters. The van der Waals surface area contributed by atoms with Crippen LogP contribution in [0.25, 0.3) is 0 Å². The van der Waals surface area contributed by atoms with Gasteiger partial charge in [-0.05, 0) is 74.8 Å². The van der Waals surface area contributed by atoms with Gasteiger partial charge in [-0.1, -0.05) is 32.1 Å². The van der Waals surface area contributed by atoms with E-state index < -0.39 is 11.6 Å². The third kappa shape index (κ3) is 5.14. The minimum absolute atomic E-state index is 0.0269. The molecule has 2 atom stereocenters. The lowest BCUT2D eigenvalue weighted by atomic mass is 9.75. The molecule has 1 aromatic carbocycles. The lowest BCUT2D eigenvalue weighted by Crippen LogP contribution is -2.33. The molecule has 4 heteroatoms. The predicted octanol–water partition coefficient (Wildman–Crippen LogP) is 6.79. The summed E-state index contributed by atoms with van der Waals surface area (Å²) in [5.74, 6) is -0.342. The molecule has 1 aliphatic heterocycles. The zero-order valence-electron chi connectivity index (χ0n) is 17.3. The van der Waals surface area contributed by atoms with Crippen molar-refractivity contribution in [1.29, 1.82) is 0 Å². The van der Waals surface area contributed by atoms with Crippen LogP contribution in [0.5, 0.6) is 5.75 Å². The Morgan fingerprint density at radius 3 is 2.46 bits per heavy atom. The summed E-state index contributed by atoms with van der Waals surface area (Å²) < 4.78 is 40.4. The van der Waals surface area contributed by atoms with Crippen molar-refractivity contribution in [3.63, 3.8) is 0 Å². The van der Waals surface area contributed by atoms with E-state index in [0.717, 1.165) is 51.6 Å². The van der Waals surface area contributed by atoms with E-state index in [1.165, 1.54) is 6.42 Å². The van der Waals surface area contributed by atoms with Gasteiger partial charge in [0.15, 0.2) is 11.6 Å². The minimum Gasteiger partial charge on any atom is -0.490 e. The van der Waals surface area contributed by atoms with Crippen LogP contribution in [0.2, 0.25) is 0 Å². The highest BCUT2D eigenvalue weighted by Gasteiger charge is 2.33. The Hall–Kier alpha value is -1.42. The fourth-order valence-corrected chi connectivity index (χ4v) is 4.63. The molecule has 2 nitrogen and oxygen atoms in total. The Morgan fingerprint density at radius 2 is 1.82 bits per heavy atom. The molecule has 0 aromatic heterocycles. The Labute approximate surface area is 168 Å². The lowest BCUT2D eigenvalue weighted by molar-refractivity contribution is -0.0471. The molecular formula is C24H34F2O2. The first-order valence-electron chi connectivity index (χ1n) is 11.0. The zero-order chi connectivity index (χ0) is 19.9. The number of halogens is 2. The fourth-order valence-electron chi connectivity index (χ4n) is 4.63. The molecule has 1 aliphatic carbocycles. The van der Waals surface area contributed by atoms with Gasteiger partial charge in [-0.3, -0.25) is 0 Å². The van der Waals surface area contributed by atoms with E-state index in [1.807, 2.05) is 6.92 Å². The zero-order valence-corrected chi connectivity index (χ0v) is 17.3. The number of hydrogen-bond donors (Lipinski definition) is 0. The first-order chi connectivity index (χ1) is 13.6. The van der Waals surface area contributed by atoms with E-state index in [-0.39, 0.29) is 11.7 Å². The first kappa shape index (κ1) is 21.3. The highest BCUT2D eigenvalue weighted by Crippen LogP contribution is 2.41. The van der Waals surface area contributed by atoms with Crippen LogP contribution >= 0.6 is 0 Å². The summed E-state index contributed by atoms with van der Waals surface area (Å²) in [7, 11) is 0. The number of ether oxygens (including phenoxy) is 2. The van der Waals surface area contributed by atoms with Crippen molar-refractivity contribution in [3.05, 3.63) is 41.5 Å². The summed E-state index contributed by atoms with van der Waals surface area (Å²) in [6, 6.07) is 3.31. The van der Waals surface area contributed by atoms with Gasteiger partial charge in [-0.2, -0.15) is 4.39 Å². The Balaban J connectivity index is 1.53. The normalized spacial score (nSPS) is 28.6. The van der Waals surface area contributed by atoms with Gasteiger partial charge in [0.1, 0.15) is 0 Å². The summed E-state index contributed by atoms with van der Waals surface area (Å²) in [5.41, 5.74) is 0.508. The van der Waals surface area contributed by atoms with Crippen LogP contribution in [0.1, 0.15) is 76.7 Å². The molecule has 2 aliphatic rings. The average molecular weight is 393 g/mol. The fraction of sp³-hybridized carbons (Fsp3) is 0.667. The molecule has 1 saturated carbocycles. The van der Waals surface area contributed by atoms with Crippen molar-refractivity contribution in [2.45, 2.75) is 77.2 Å². The van der Waals surface area contributed by atoms with Crippen molar-refractivity contribution in [1.82, 2.24) is 0 Å². The maximum atomic E-state index is 14.6. The van der Waals surface area contributed by atoms with Crippen LogP contribution in [0, 0.1) is 23.5 Å². The van der Waals surface area contributed by atoms with E-state index in [4.69, 9.17) is 9.47 Å². The largest absolute Gasteiger partial charge is 0.490 e. The van der Waals surface area contributed by atoms with Crippen molar-refractivity contribution in [2.75, 3.05) is 13.2 Å². The van der Waals surface area contributed by atoms with Crippen LogP contribution in [0.15, 0.2) is 24.3 Å². The van der Waals surface area contributed by atoms with E-state index in [2.05, 4.69) is 19.1 Å². The number of hydrogen-bond acceptors (Lipinski definition) is 2. The maximum absolute atomic E-state index is 14.6. The molecular weight excluding hydrogens is 358 g/mol. The van der Waals surface area contributed by atoms with E-state index >= 15 is 0 Å². The molecule has 0 bridgehead atoms. The monoisotopic (exact) mass is 392 g/mol. The van der Waals surface area contributed by atoms with Gasteiger partial charge in [0.2, 0.25) is 5.82 Å². The van der Waals surface area contributed by atoms with Crippen molar-refractivity contribution in [3.8, 4) is 5.75 Å². The van der Waals surface area contributed by atoms with E-state index in [9.17, 15) is 8.78 Å². The van der Waals surface area contributed by atoms with E-state index in [1.54, 1.807) is 12.1 Å². The van der Waals surface area contributed by atoms with Gasteiger partial charge in [0, 0.05) is 5.92 Å². The summed E-state index contributed by atoms with van der Waals surface area (Å²) in [4.78, 5) is 0. The SMILES string of the molecule is CC/C=C/C1CCC(C2CCC(c3ccc(OCCC)c(F)c3F)CC2)OC1. The summed E-state index contributed by atoms with van der Waals surface area (Å²) in [6.07, 6.45) is 12.9. The molecule has 0 spiro atoms. The molecule has 1 saturated heterocycles. The highest BCUT2D eigenvalue weighted by molar-refractivity contribution is 5.33. The van der Waals surface area contributed by atoms with Crippen LogP contribution in [0.3, 0.4) is 0 Å². The highest BCUT2D eigenvalue weighted by atomic mass is 19.2. The van der Waals surface area contributed by atoms with Gasteiger partial charge >= 0.3 is 0 Å². The third-order valence-electron chi connectivity index (χ3n) is 6.27. The molecule has 0 N–H and O–H groups in total. The standard InChI is InChI=1S/C24H34F2O2/c1-3-5-6-17-7-13-21(28-16-17)19-10-8-18(9-11-19)20-12-14-22(27-15-4-2)24(26)23(20)25/h5-6,12,14,17-19,21H,3-4,7-11,13,15-16H2,1-2H3/b6-5+. The summed E-state index contributed by atoms with van der Waals surface area (Å²) >= 11 is 0. The average Bonchev–Trinajstić information content (AvgIpc) is 2.74. The molecule has 1 aromatic rings. The second kappa shape index (κ2) is 10.4. The smallest absolute Gasteiger partial charge is 0.200 e. The quantitative estimate of drug-likeness (QED) is 0.476. The second-order valence-electron chi connectivity index (χ2n) is 8.29. The van der Waals surface area contributed by atoms with Gasteiger partial charge < -0.3 is 9.47 Å². The first-order valence-corrected chi connectivity index (χ1v) is 11.0. The van der Waals surface area contributed by atoms with Gasteiger partial charge in [-0.15, -0.1) is 0 Å². The minimum atomic E-state index is -0.838. The molecule has 0 amide bonds. The van der Waals surface area contributed by atoms with Gasteiger partial charge in [-0.25, -0.2) is 4.39 Å². The molecule has 2 fully saturated rings. The number of rotatable bonds is 7. The Morgan fingerprint density at radius 1 is 1.04 bits per heavy atom. The molecule has 1 heterocycles. The maximum Gasteiger partial charge on any atom is 0.200 e. The molecule has 3 rings (SSSR count). The van der Waals surface area contributed by atoms with Crippen LogP contribution < -0.4 is 4.74 Å². The van der Waals surface area contributed by atoms with Crippen LogP contribution in [-0.4, -0.2) is 19.3 Å². The van der Waals surface area contributed by atoms with Crippen molar-refractivity contribution >= 4 is 0 Å². The molecule has 28 heavy (non-hydrogen) atoms. The number of benzene rings is 1. The number of allylic oxidation sites excluding steroid dienone is 1. The van der Waals surface area contributed by atoms with Gasteiger partial charge in [0.25, 0.3) is 0 Å². The topological polar surface area (TPSA) is 18.5 Å². The van der Waals surface area contributed by atoms with Crippen LogP contribution in [0.4, 0.5) is 8.78 Å². The molecule has 0 radical (unpaired) electrons. The van der Waals surface area contributed by atoms with Crippen LogP contribution in [-0.2, 0) is 4.74 Å².